The number of carbonyl (C=O) groups is 2. The molecular formula is C18H19N3O3. The van der Waals surface area contributed by atoms with Gasteiger partial charge in [-0.15, -0.1) is 0 Å². The summed E-state index contributed by atoms with van der Waals surface area (Å²) in [5.74, 6) is -0.967. The van der Waals surface area contributed by atoms with E-state index in [0.29, 0.717) is 19.5 Å². The minimum atomic E-state index is -1.02. The quantitative estimate of drug-likeness (QED) is 0.885. The van der Waals surface area contributed by atoms with Crippen LogP contribution in [-0.4, -0.2) is 38.6 Å². The standard InChI is InChI=1S/C18H19N3O3/c22-17(13-7-3-5-11-4-1-2-6-12(11)13)21-9-8-14-15(10-21)19-20-16(14)18(23)24/h1-2,4,6,13H,3,5,7-10H2,(H,19,20)(H,23,24). The maximum Gasteiger partial charge on any atom is 0.356 e. The topological polar surface area (TPSA) is 86.3 Å². The molecule has 4 rings (SSSR count). The Morgan fingerprint density at radius 3 is 2.92 bits per heavy atom. The molecule has 6 heteroatoms. The van der Waals surface area contributed by atoms with E-state index in [0.717, 1.165) is 36.1 Å². The summed E-state index contributed by atoms with van der Waals surface area (Å²) in [6.07, 6.45) is 3.47. The number of nitrogens with zero attached hydrogens (tertiary/aromatic N) is 2. The average molecular weight is 325 g/mol. The van der Waals surface area contributed by atoms with Gasteiger partial charge in [0.05, 0.1) is 18.2 Å². The lowest BCUT2D eigenvalue weighted by Gasteiger charge is -2.33. The summed E-state index contributed by atoms with van der Waals surface area (Å²) in [6.45, 7) is 0.956. The van der Waals surface area contributed by atoms with E-state index in [1.807, 2.05) is 17.0 Å². The van der Waals surface area contributed by atoms with Gasteiger partial charge < -0.3 is 10.0 Å². The second-order valence-electron chi connectivity index (χ2n) is 6.49. The summed E-state index contributed by atoms with van der Waals surface area (Å²) in [4.78, 5) is 26.0. The molecule has 1 amide bonds. The SMILES string of the molecule is O=C(O)c1n[nH]c2c1CCN(C(=O)C1CCCc3ccccc31)C2. The van der Waals surface area contributed by atoms with Crippen LogP contribution < -0.4 is 0 Å². The normalized spacial score (nSPS) is 19.5. The van der Waals surface area contributed by atoms with Crippen LogP contribution in [0.25, 0.3) is 0 Å². The van der Waals surface area contributed by atoms with Crippen LogP contribution in [-0.2, 0) is 24.2 Å². The van der Waals surface area contributed by atoms with Crippen molar-refractivity contribution in [2.24, 2.45) is 0 Å². The van der Waals surface area contributed by atoms with E-state index in [4.69, 9.17) is 5.11 Å². The van der Waals surface area contributed by atoms with Crippen molar-refractivity contribution in [3.63, 3.8) is 0 Å². The molecule has 2 N–H and O–H groups in total. The molecule has 2 heterocycles. The second kappa shape index (κ2) is 5.78. The molecule has 124 valence electrons. The highest BCUT2D eigenvalue weighted by Crippen LogP contribution is 2.34. The monoisotopic (exact) mass is 325 g/mol. The van der Waals surface area contributed by atoms with Crippen LogP contribution in [0.5, 0.6) is 0 Å². The fourth-order valence-electron chi connectivity index (χ4n) is 3.91. The lowest BCUT2D eigenvalue weighted by Crippen LogP contribution is -2.40. The van der Waals surface area contributed by atoms with Gasteiger partial charge in [-0.25, -0.2) is 4.79 Å². The van der Waals surface area contributed by atoms with Gasteiger partial charge in [-0.2, -0.15) is 5.10 Å². The van der Waals surface area contributed by atoms with E-state index in [2.05, 4.69) is 22.3 Å². The van der Waals surface area contributed by atoms with Gasteiger partial charge in [-0.1, -0.05) is 24.3 Å². The number of carbonyl (C=O) groups excluding carboxylic acids is 1. The van der Waals surface area contributed by atoms with Crippen molar-refractivity contribution in [1.82, 2.24) is 15.1 Å². The molecule has 0 radical (unpaired) electrons. The molecule has 2 aromatic rings. The van der Waals surface area contributed by atoms with Crippen LogP contribution in [0.2, 0.25) is 0 Å². The third kappa shape index (κ3) is 2.38. The molecule has 1 aromatic carbocycles. The number of aromatic nitrogens is 2. The number of aryl methyl sites for hydroxylation is 1. The fourth-order valence-corrected chi connectivity index (χ4v) is 3.91. The molecule has 0 saturated heterocycles. The predicted molar refractivity (Wildman–Crippen MR) is 86.8 cm³/mol. The number of nitrogens with one attached hydrogen (secondary N) is 1. The number of carboxylic acids is 1. The largest absolute Gasteiger partial charge is 0.476 e. The Morgan fingerprint density at radius 1 is 1.25 bits per heavy atom. The zero-order valence-electron chi connectivity index (χ0n) is 13.3. The summed E-state index contributed by atoms with van der Waals surface area (Å²) in [7, 11) is 0. The Kier molecular flexibility index (Phi) is 3.59. The molecular weight excluding hydrogens is 306 g/mol. The Labute approximate surface area is 139 Å². The zero-order valence-corrected chi connectivity index (χ0v) is 13.3. The summed E-state index contributed by atoms with van der Waals surface area (Å²) in [5, 5.41) is 15.8. The molecule has 6 nitrogen and oxygen atoms in total. The van der Waals surface area contributed by atoms with E-state index in [-0.39, 0.29) is 17.5 Å². The number of aromatic amines is 1. The van der Waals surface area contributed by atoms with Crippen molar-refractivity contribution >= 4 is 11.9 Å². The Hall–Kier alpha value is -2.63. The van der Waals surface area contributed by atoms with E-state index >= 15 is 0 Å². The maximum atomic E-state index is 13.0. The molecule has 0 fully saturated rings. The summed E-state index contributed by atoms with van der Waals surface area (Å²) >= 11 is 0. The van der Waals surface area contributed by atoms with Crippen molar-refractivity contribution in [3.8, 4) is 0 Å². The molecule has 1 aliphatic heterocycles. The van der Waals surface area contributed by atoms with Crippen LogP contribution in [0.15, 0.2) is 24.3 Å². The van der Waals surface area contributed by atoms with Gasteiger partial charge >= 0.3 is 5.97 Å². The first kappa shape index (κ1) is 14.9. The highest BCUT2D eigenvalue weighted by atomic mass is 16.4. The lowest BCUT2D eigenvalue weighted by atomic mass is 9.82. The lowest BCUT2D eigenvalue weighted by molar-refractivity contribution is -0.134. The highest BCUT2D eigenvalue weighted by Gasteiger charge is 2.33. The van der Waals surface area contributed by atoms with Gasteiger partial charge in [0.1, 0.15) is 0 Å². The van der Waals surface area contributed by atoms with Crippen molar-refractivity contribution in [3.05, 3.63) is 52.3 Å². The van der Waals surface area contributed by atoms with Gasteiger partial charge in [-0.3, -0.25) is 9.89 Å². The number of benzene rings is 1. The molecule has 1 atom stereocenters. The third-order valence-corrected chi connectivity index (χ3v) is 5.12. The van der Waals surface area contributed by atoms with Crippen molar-refractivity contribution < 1.29 is 14.7 Å². The van der Waals surface area contributed by atoms with Crippen LogP contribution in [0, 0.1) is 0 Å². The fraction of sp³-hybridized carbons (Fsp3) is 0.389. The number of aromatic carboxylic acids is 1. The van der Waals surface area contributed by atoms with Crippen LogP contribution in [0.3, 0.4) is 0 Å². The molecule has 0 bridgehead atoms. The third-order valence-electron chi connectivity index (χ3n) is 5.12. The number of amides is 1. The molecule has 1 aliphatic carbocycles. The van der Waals surface area contributed by atoms with Crippen LogP contribution in [0.1, 0.15) is 51.6 Å². The van der Waals surface area contributed by atoms with Gasteiger partial charge in [0.25, 0.3) is 0 Å². The van der Waals surface area contributed by atoms with Gasteiger partial charge in [0.15, 0.2) is 5.69 Å². The minimum absolute atomic E-state index is 0.0834. The molecule has 0 saturated carbocycles. The Balaban J connectivity index is 1.57. The number of fused-ring (bicyclic) bond motifs is 2. The van der Waals surface area contributed by atoms with Gasteiger partial charge in [0, 0.05) is 12.1 Å². The van der Waals surface area contributed by atoms with E-state index in [9.17, 15) is 9.59 Å². The Morgan fingerprint density at radius 2 is 2.08 bits per heavy atom. The van der Waals surface area contributed by atoms with Crippen LogP contribution >= 0.6 is 0 Å². The molecule has 1 aromatic heterocycles. The predicted octanol–water partition coefficient (Wildman–Crippen LogP) is 2.11. The summed E-state index contributed by atoms with van der Waals surface area (Å²) in [6, 6.07) is 8.19. The first-order chi connectivity index (χ1) is 11.6. The zero-order chi connectivity index (χ0) is 16.7. The summed E-state index contributed by atoms with van der Waals surface area (Å²) in [5.41, 5.74) is 3.98. The van der Waals surface area contributed by atoms with E-state index in [1.54, 1.807) is 0 Å². The van der Waals surface area contributed by atoms with Crippen molar-refractivity contribution in [1.29, 1.82) is 0 Å². The van der Waals surface area contributed by atoms with Crippen molar-refractivity contribution in [2.75, 3.05) is 6.54 Å². The molecule has 24 heavy (non-hydrogen) atoms. The average Bonchev–Trinajstić information content (AvgIpc) is 3.04. The smallest absolute Gasteiger partial charge is 0.356 e. The van der Waals surface area contributed by atoms with Crippen molar-refractivity contribution in [2.45, 2.75) is 38.1 Å². The van der Waals surface area contributed by atoms with E-state index in [1.165, 1.54) is 5.56 Å². The highest BCUT2D eigenvalue weighted by molar-refractivity contribution is 5.88. The second-order valence-corrected chi connectivity index (χ2v) is 6.49. The summed E-state index contributed by atoms with van der Waals surface area (Å²) < 4.78 is 0. The first-order valence-electron chi connectivity index (χ1n) is 8.31. The minimum Gasteiger partial charge on any atom is -0.476 e. The number of hydrogen-bond donors (Lipinski definition) is 2. The number of rotatable bonds is 2. The van der Waals surface area contributed by atoms with Gasteiger partial charge in [-0.05, 0) is 36.8 Å². The molecule has 0 spiro atoms. The Bertz CT molecular complexity index is 812. The molecule has 2 aliphatic rings. The number of H-pyrrole nitrogens is 1. The van der Waals surface area contributed by atoms with Gasteiger partial charge in [0.2, 0.25) is 5.91 Å². The number of hydrogen-bond acceptors (Lipinski definition) is 3. The number of carboxylic acid groups (broad SMARTS) is 1. The van der Waals surface area contributed by atoms with E-state index < -0.39 is 5.97 Å². The van der Waals surface area contributed by atoms with Crippen LogP contribution in [0.4, 0.5) is 0 Å². The molecule has 1 unspecified atom stereocenters. The maximum absolute atomic E-state index is 13.0. The first-order valence-corrected chi connectivity index (χ1v) is 8.31.